The van der Waals surface area contributed by atoms with Crippen LogP contribution in [0.1, 0.15) is 58.9 Å². The zero-order valence-electron chi connectivity index (χ0n) is 23.3. The SMILES string of the molecule is Cc1nc(-c2ccccc2)sc1C(=O)C1=C(O)C(=O)N(Cc2ccc3c(c2)OCO3)C1c1ccc(C(C)(C)C)cc1. The Labute approximate surface area is 242 Å². The van der Waals surface area contributed by atoms with Gasteiger partial charge in [0.05, 0.1) is 22.2 Å². The monoisotopic (exact) mass is 566 g/mol. The summed E-state index contributed by atoms with van der Waals surface area (Å²) in [6.45, 7) is 8.48. The Morgan fingerprint density at radius 3 is 2.44 bits per heavy atom. The highest BCUT2D eigenvalue weighted by Gasteiger charge is 2.44. The molecule has 1 amide bonds. The molecule has 0 radical (unpaired) electrons. The van der Waals surface area contributed by atoms with Gasteiger partial charge in [0.1, 0.15) is 5.01 Å². The Morgan fingerprint density at radius 1 is 1.02 bits per heavy atom. The van der Waals surface area contributed by atoms with Gasteiger partial charge in [-0.15, -0.1) is 11.3 Å². The predicted octanol–water partition coefficient (Wildman–Crippen LogP) is 6.92. The van der Waals surface area contributed by atoms with E-state index >= 15 is 0 Å². The lowest BCUT2D eigenvalue weighted by molar-refractivity contribution is -0.130. The van der Waals surface area contributed by atoms with Crippen LogP contribution in [0.5, 0.6) is 11.5 Å². The summed E-state index contributed by atoms with van der Waals surface area (Å²) in [5, 5.41) is 11.9. The highest BCUT2D eigenvalue weighted by molar-refractivity contribution is 7.17. The van der Waals surface area contributed by atoms with Crippen LogP contribution < -0.4 is 9.47 Å². The normalized spacial score (nSPS) is 16.5. The number of carbonyl (C=O) groups is 2. The van der Waals surface area contributed by atoms with Gasteiger partial charge in [0, 0.05) is 12.1 Å². The van der Waals surface area contributed by atoms with Gasteiger partial charge in [0.25, 0.3) is 5.91 Å². The van der Waals surface area contributed by atoms with Crippen molar-refractivity contribution in [2.45, 2.75) is 45.7 Å². The first-order valence-electron chi connectivity index (χ1n) is 13.4. The molecule has 2 aliphatic heterocycles. The van der Waals surface area contributed by atoms with Crippen molar-refractivity contribution in [2.24, 2.45) is 0 Å². The zero-order chi connectivity index (χ0) is 28.9. The second-order valence-electron chi connectivity index (χ2n) is 11.3. The minimum atomic E-state index is -0.781. The van der Waals surface area contributed by atoms with Crippen LogP contribution in [0.4, 0.5) is 0 Å². The number of aryl methyl sites for hydroxylation is 1. The number of aromatic nitrogens is 1. The average Bonchev–Trinajstić information content (AvgIpc) is 3.65. The molecular weight excluding hydrogens is 536 g/mol. The second kappa shape index (κ2) is 10.2. The second-order valence-corrected chi connectivity index (χ2v) is 12.3. The molecule has 1 unspecified atom stereocenters. The first-order valence-corrected chi connectivity index (χ1v) is 14.2. The molecule has 2 aliphatic rings. The molecule has 0 aliphatic carbocycles. The summed E-state index contributed by atoms with van der Waals surface area (Å²) < 4.78 is 11.0. The van der Waals surface area contributed by atoms with Crippen LogP contribution in [-0.2, 0) is 16.8 Å². The molecule has 8 heteroatoms. The van der Waals surface area contributed by atoms with Crippen LogP contribution in [0.25, 0.3) is 10.6 Å². The van der Waals surface area contributed by atoms with E-state index < -0.39 is 23.5 Å². The number of hydrogen-bond donors (Lipinski definition) is 1. The van der Waals surface area contributed by atoms with Crippen LogP contribution >= 0.6 is 11.3 Å². The van der Waals surface area contributed by atoms with Gasteiger partial charge in [-0.2, -0.15) is 0 Å². The Kier molecular flexibility index (Phi) is 6.66. The van der Waals surface area contributed by atoms with Gasteiger partial charge in [-0.1, -0.05) is 81.4 Å². The minimum Gasteiger partial charge on any atom is -0.503 e. The van der Waals surface area contributed by atoms with Crippen LogP contribution in [-0.4, -0.2) is 33.5 Å². The number of thiazole rings is 1. The van der Waals surface area contributed by atoms with Crippen molar-refractivity contribution < 1.29 is 24.2 Å². The van der Waals surface area contributed by atoms with E-state index in [-0.39, 0.29) is 24.3 Å². The number of hydrogen-bond acceptors (Lipinski definition) is 7. The van der Waals surface area contributed by atoms with Gasteiger partial charge in [0.15, 0.2) is 17.3 Å². The third kappa shape index (κ3) is 4.89. The lowest BCUT2D eigenvalue weighted by Gasteiger charge is -2.28. The van der Waals surface area contributed by atoms with E-state index in [2.05, 4.69) is 25.8 Å². The van der Waals surface area contributed by atoms with Crippen LogP contribution in [0, 0.1) is 6.92 Å². The Bertz CT molecular complexity index is 1680. The van der Waals surface area contributed by atoms with Gasteiger partial charge < -0.3 is 19.5 Å². The van der Waals surface area contributed by atoms with E-state index in [1.165, 1.54) is 11.3 Å². The molecule has 0 saturated heterocycles. The molecule has 6 rings (SSSR count). The van der Waals surface area contributed by atoms with Crippen LogP contribution in [0.15, 0.2) is 84.1 Å². The summed E-state index contributed by atoms with van der Waals surface area (Å²) in [5.41, 5.74) is 4.11. The fourth-order valence-electron chi connectivity index (χ4n) is 5.23. The smallest absolute Gasteiger partial charge is 0.290 e. The molecule has 3 heterocycles. The summed E-state index contributed by atoms with van der Waals surface area (Å²) in [6.07, 6.45) is 0. The number of aliphatic hydroxyl groups is 1. The van der Waals surface area contributed by atoms with Crippen molar-refractivity contribution in [3.05, 3.63) is 111 Å². The maximum Gasteiger partial charge on any atom is 0.290 e. The van der Waals surface area contributed by atoms with E-state index in [1.807, 2.05) is 66.7 Å². The Morgan fingerprint density at radius 2 is 1.73 bits per heavy atom. The Hall–Kier alpha value is -4.43. The number of benzene rings is 3. The quantitative estimate of drug-likeness (QED) is 0.255. The number of amides is 1. The molecule has 4 aromatic rings. The fourth-order valence-corrected chi connectivity index (χ4v) is 6.26. The highest BCUT2D eigenvalue weighted by atomic mass is 32.1. The van der Waals surface area contributed by atoms with Gasteiger partial charge >= 0.3 is 0 Å². The summed E-state index contributed by atoms with van der Waals surface area (Å²) in [4.78, 5) is 34.4. The van der Waals surface area contributed by atoms with Crippen molar-refractivity contribution in [3.63, 3.8) is 0 Å². The molecule has 41 heavy (non-hydrogen) atoms. The van der Waals surface area contributed by atoms with Crippen molar-refractivity contribution in [1.82, 2.24) is 9.88 Å². The maximum absolute atomic E-state index is 14.2. The first-order chi connectivity index (χ1) is 19.6. The molecule has 0 fully saturated rings. The molecule has 208 valence electrons. The highest BCUT2D eigenvalue weighted by Crippen LogP contribution is 2.43. The maximum atomic E-state index is 14.2. The van der Waals surface area contributed by atoms with Gasteiger partial charge in [-0.25, -0.2) is 4.98 Å². The Balaban J connectivity index is 1.41. The van der Waals surface area contributed by atoms with E-state index in [0.29, 0.717) is 27.1 Å². The summed E-state index contributed by atoms with van der Waals surface area (Å²) in [7, 11) is 0. The fraction of sp³-hybridized carbons (Fsp3) is 0.242. The topological polar surface area (TPSA) is 89.0 Å². The van der Waals surface area contributed by atoms with Crippen molar-refractivity contribution in [1.29, 1.82) is 0 Å². The number of fused-ring (bicyclic) bond motifs is 1. The third-order valence-corrected chi connectivity index (χ3v) is 8.66. The molecule has 0 spiro atoms. The zero-order valence-corrected chi connectivity index (χ0v) is 24.1. The van der Waals surface area contributed by atoms with Crippen molar-refractivity contribution in [3.8, 4) is 22.1 Å². The molecule has 1 atom stereocenters. The van der Waals surface area contributed by atoms with Crippen LogP contribution in [0.2, 0.25) is 0 Å². The summed E-state index contributed by atoms with van der Waals surface area (Å²) >= 11 is 1.27. The number of aliphatic hydroxyl groups excluding tert-OH is 1. The first kappa shape index (κ1) is 26.8. The number of rotatable bonds is 6. The van der Waals surface area contributed by atoms with E-state index in [0.717, 1.165) is 22.3 Å². The number of ether oxygens (including phenoxy) is 2. The third-order valence-electron chi connectivity index (χ3n) is 7.45. The lowest BCUT2D eigenvalue weighted by Crippen LogP contribution is -2.30. The number of ketones is 1. The van der Waals surface area contributed by atoms with Crippen molar-refractivity contribution >= 4 is 23.0 Å². The standard InChI is InChI=1S/C33H30N2O5S/c1-19-30(41-31(34-19)22-8-6-5-7-9-22)28(36)26-27(21-11-13-23(14-12-21)33(2,3)4)35(32(38)29(26)37)17-20-10-15-24-25(16-20)40-18-39-24/h5-16,27,37H,17-18H2,1-4H3. The van der Waals surface area contributed by atoms with E-state index in [4.69, 9.17) is 9.47 Å². The summed E-state index contributed by atoms with van der Waals surface area (Å²) in [5.74, 6) is -0.285. The molecule has 7 nitrogen and oxygen atoms in total. The molecule has 3 aromatic carbocycles. The van der Waals surface area contributed by atoms with Gasteiger partial charge in [0.2, 0.25) is 12.6 Å². The largest absolute Gasteiger partial charge is 0.503 e. The number of nitrogens with zero attached hydrogens (tertiary/aromatic N) is 2. The number of carbonyl (C=O) groups excluding carboxylic acids is 2. The average molecular weight is 567 g/mol. The number of Topliss-reactive ketones (excluding diaryl/α,β-unsaturated/α-hetero) is 1. The van der Waals surface area contributed by atoms with E-state index in [9.17, 15) is 14.7 Å². The van der Waals surface area contributed by atoms with Gasteiger partial charge in [-0.05, 0) is 41.2 Å². The molecule has 0 saturated carbocycles. The molecule has 1 N–H and O–H groups in total. The van der Waals surface area contributed by atoms with E-state index in [1.54, 1.807) is 17.9 Å². The molecule has 1 aromatic heterocycles. The lowest BCUT2D eigenvalue weighted by atomic mass is 9.85. The minimum absolute atomic E-state index is 0.0608. The summed E-state index contributed by atoms with van der Waals surface area (Å²) in [6, 6.07) is 22.2. The molecular formula is C33H30N2O5S. The van der Waals surface area contributed by atoms with Gasteiger partial charge in [-0.3, -0.25) is 9.59 Å². The predicted molar refractivity (Wildman–Crippen MR) is 157 cm³/mol. The molecule has 0 bridgehead atoms. The van der Waals surface area contributed by atoms with Crippen molar-refractivity contribution in [2.75, 3.05) is 6.79 Å². The van der Waals surface area contributed by atoms with Crippen LogP contribution in [0.3, 0.4) is 0 Å².